The number of rotatable bonds is 6. The van der Waals surface area contributed by atoms with Crippen LogP contribution in [0.1, 0.15) is 45.9 Å². The summed E-state index contributed by atoms with van der Waals surface area (Å²) in [6.45, 7) is 10.0. The van der Waals surface area contributed by atoms with Crippen molar-refractivity contribution >= 4 is 17.3 Å². The van der Waals surface area contributed by atoms with Crippen molar-refractivity contribution in [1.29, 1.82) is 0 Å². The van der Waals surface area contributed by atoms with Gasteiger partial charge in [-0.15, -0.1) is 0 Å². The van der Waals surface area contributed by atoms with Crippen LogP contribution in [-0.2, 0) is 4.74 Å². The largest absolute Gasteiger partial charge is 0.383 e. The van der Waals surface area contributed by atoms with E-state index in [-0.39, 0.29) is 12.1 Å². The van der Waals surface area contributed by atoms with E-state index >= 15 is 0 Å². The maximum Gasteiger partial charge on any atom is 0.170 e. The molecule has 3 heterocycles. The molecule has 31 heavy (non-hydrogen) atoms. The quantitative estimate of drug-likeness (QED) is 0.569. The Morgan fingerprint density at radius 1 is 1.10 bits per heavy atom. The van der Waals surface area contributed by atoms with E-state index in [4.69, 9.17) is 17.0 Å². The van der Waals surface area contributed by atoms with E-state index < -0.39 is 0 Å². The number of pyridine rings is 1. The predicted octanol–water partition coefficient (Wildman–Crippen LogP) is 4.72. The third-order valence-corrected chi connectivity index (χ3v) is 6.48. The molecule has 1 aromatic carbocycles. The van der Waals surface area contributed by atoms with Crippen molar-refractivity contribution in [2.45, 2.75) is 39.8 Å². The van der Waals surface area contributed by atoms with Gasteiger partial charge in [-0.2, -0.15) is 0 Å². The minimum Gasteiger partial charge on any atom is -0.383 e. The second-order valence-electron chi connectivity index (χ2n) is 8.26. The molecule has 0 amide bonds. The zero-order chi connectivity index (χ0) is 22.1. The Hall–Kier alpha value is -2.70. The summed E-state index contributed by atoms with van der Waals surface area (Å²) in [5.41, 5.74) is 8.44. The highest BCUT2D eigenvalue weighted by Gasteiger charge is 2.41. The molecule has 6 heteroatoms. The number of nitrogens with zero attached hydrogens (tertiary/aromatic N) is 3. The van der Waals surface area contributed by atoms with E-state index in [1.165, 1.54) is 33.8 Å². The molecule has 162 valence electrons. The van der Waals surface area contributed by atoms with E-state index in [2.05, 4.69) is 77.8 Å². The first-order valence-electron chi connectivity index (χ1n) is 10.7. The first-order chi connectivity index (χ1) is 14.9. The topological polar surface area (TPSA) is 42.3 Å². The molecule has 2 atom stereocenters. The van der Waals surface area contributed by atoms with Gasteiger partial charge in [-0.05, 0) is 80.9 Å². The third kappa shape index (κ3) is 3.98. The van der Waals surface area contributed by atoms with Gasteiger partial charge in [0.15, 0.2) is 5.11 Å². The summed E-state index contributed by atoms with van der Waals surface area (Å²) in [6.07, 6.45) is 1.84. The molecule has 0 unspecified atom stereocenters. The summed E-state index contributed by atoms with van der Waals surface area (Å²) in [5, 5.41) is 4.27. The Labute approximate surface area is 190 Å². The van der Waals surface area contributed by atoms with Crippen molar-refractivity contribution in [3.05, 3.63) is 82.4 Å². The summed E-state index contributed by atoms with van der Waals surface area (Å²) >= 11 is 5.75. The summed E-state index contributed by atoms with van der Waals surface area (Å²) < 4.78 is 7.75. The van der Waals surface area contributed by atoms with Gasteiger partial charge in [0, 0.05) is 36.9 Å². The van der Waals surface area contributed by atoms with Gasteiger partial charge >= 0.3 is 0 Å². The van der Waals surface area contributed by atoms with Crippen LogP contribution >= 0.6 is 12.2 Å². The van der Waals surface area contributed by atoms with Crippen molar-refractivity contribution < 1.29 is 4.74 Å². The Balaban J connectivity index is 1.84. The molecule has 1 N–H and O–H groups in total. The number of ether oxygens (including phenoxy) is 1. The standard InChI is InChI=1S/C25H30N4OS/c1-16-9-10-17(2)22(14-16)29-18(3)15-20(19(29)4)24-23(21-8-6-7-11-26-21)27-25(31)28(24)12-13-30-5/h6-11,14-15,23-24H,12-13H2,1-5H3,(H,27,31)/t23-,24+/m1/s1. The molecule has 1 aliphatic heterocycles. The van der Waals surface area contributed by atoms with Crippen molar-refractivity contribution in [3.63, 3.8) is 0 Å². The lowest BCUT2D eigenvalue weighted by Crippen LogP contribution is -2.32. The number of benzene rings is 1. The molecule has 4 rings (SSSR count). The molecule has 0 radical (unpaired) electrons. The monoisotopic (exact) mass is 434 g/mol. The van der Waals surface area contributed by atoms with E-state index in [0.717, 1.165) is 17.4 Å². The van der Waals surface area contributed by atoms with Gasteiger partial charge in [0.2, 0.25) is 0 Å². The number of aryl methyl sites for hydroxylation is 3. The molecular weight excluding hydrogens is 404 g/mol. The highest BCUT2D eigenvalue weighted by atomic mass is 32.1. The van der Waals surface area contributed by atoms with Crippen LogP contribution in [-0.4, -0.2) is 39.8 Å². The first-order valence-corrected chi connectivity index (χ1v) is 11.1. The van der Waals surface area contributed by atoms with Crippen molar-refractivity contribution in [3.8, 4) is 5.69 Å². The van der Waals surface area contributed by atoms with Crippen LogP contribution in [0, 0.1) is 27.7 Å². The van der Waals surface area contributed by atoms with Crippen LogP contribution in [0.5, 0.6) is 0 Å². The Morgan fingerprint density at radius 3 is 2.61 bits per heavy atom. The number of methoxy groups -OCH3 is 1. The molecule has 2 aromatic heterocycles. The van der Waals surface area contributed by atoms with Gasteiger partial charge in [0.1, 0.15) is 0 Å². The molecule has 1 saturated heterocycles. The van der Waals surface area contributed by atoms with Crippen LogP contribution in [0.4, 0.5) is 0 Å². The Morgan fingerprint density at radius 2 is 1.90 bits per heavy atom. The fourth-order valence-electron chi connectivity index (χ4n) is 4.59. The van der Waals surface area contributed by atoms with E-state index in [1.807, 2.05) is 18.3 Å². The van der Waals surface area contributed by atoms with E-state index in [1.54, 1.807) is 7.11 Å². The van der Waals surface area contributed by atoms with Crippen molar-refractivity contribution in [2.24, 2.45) is 0 Å². The number of nitrogens with one attached hydrogen (secondary N) is 1. The minimum atomic E-state index is -0.0156. The average Bonchev–Trinajstić information content (AvgIpc) is 3.24. The van der Waals surface area contributed by atoms with E-state index in [0.29, 0.717) is 6.61 Å². The fraction of sp³-hybridized carbons (Fsp3) is 0.360. The molecule has 0 bridgehead atoms. The number of hydrogen-bond acceptors (Lipinski definition) is 3. The maximum atomic E-state index is 5.75. The van der Waals surface area contributed by atoms with Crippen LogP contribution in [0.3, 0.4) is 0 Å². The zero-order valence-electron chi connectivity index (χ0n) is 18.8. The summed E-state index contributed by atoms with van der Waals surface area (Å²) in [5.74, 6) is 0. The average molecular weight is 435 g/mol. The Kier molecular flexibility index (Phi) is 6.12. The predicted molar refractivity (Wildman–Crippen MR) is 129 cm³/mol. The second-order valence-corrected chi connectivity index (χ2v) is 8.65. The van der Waals surface area contributed by atoms with Crippen LogP contribution in [0.15, 0.2) is 48.7 Å². The minimum absolute atomic E-state index is 0.0156. The summed E-state index contributed by atoms with van der Waals surface area (Å²) in [6, 6.07) is 15.0. The number of aromatic nitrogens is 2. The molecular formula is C25H30N4OS. The van der Waals surface area contributed by atoms with Crippen LogP contribution in [0.25, 0.3) is 5.69 Å². The van der Waals surface area contributed by atoms with Gasteiger partial charge in [-0.1, -0.05) is 18.2 Å². The SMILES string of the molecule is COCCN1C(=S)N[C@H](c2ccccn2)[C@@H]1c1cc(C)n(-c2cc(C)ccc2C)c1C. The zero-order valence-corrected chi connectivity index (χ0v) is 19.7. The van der Waals surface area contributed by atoms with Gasteiger partial charge in [0.05, 0.1) is 24.4 Å². The number of hydrogen-bond donors (Lipinski definition) is 1. The lowest BCUT2D eigenvalue weighted by Gasteiger charge is -2.28. The van der Waals surface area contributed by atoms with Crippen molar-refractivity contribution in [1.82, 2.24) is 19.8 Å². The first kappa shape index (κ1) is 21.5. The van der Waals surface area contributed by atoms with Crippen LogP contribution < -0.4 is 5.32 Å². The highest BCUT2D eigenvalue weighted by molar-refractivity contribution is 7.80. The van der Waals surface area contributed by atoms with Gasteiger partial charge < -0.3 is 19.5 Å². The number of thiocarbonyl (C=S) groups is 1. The Bertz CT molecular complexity index is 1090. The van der Waals surface area contributed by atoms with Gasteiger partial charge in [-0.3, -0.25) is 4.98 Å². The molecule has 5 nitrogen and oxygen atoms in total. The lowest BCUT2D eigenvalue weighted by molar-refractivity contribution is 0.164. The van der Waals surface area contributed by atoms with E-state index in [9.17, 15) is 0 Å². The van der Waals surface area contributed by atoms with Crippen LogP contribution in [0.2, 0.25) is 0 Å². The van der Waals surface area contributed by atoms with Gasteiger partial charge in [-0.25, -0.2) is 0 Å². The molecule has 0 saturated carbocycles. The lowest BCUT2D eigenvalue weighted by atomic mass is 9.97. The summed E-state index contributed by atoms with van der Waals surface area (Å²) in [4.78, 5) is 6.89. The van der Waals surface area contributed by atoms with Crippen molar-refractivity contribution in [2.75, 3.05) is 20.3 Å². The summed E-state index contributed by atoms with van der Waals surface area (Å²) in [7, 11) is 1.73. The molecule has 1 aliphatic rings. The smallest absolute Gasteiger partial charge is 0.170 e. The molecule has 3 aromatic rings. The second kappa shape index (κ2) is 8.81. The molecule has 0 spiro atoms. The molecule has 1 fully saturated rings. The molecule has 0 aliphatic carbocycles. The highest BCUT2D eigenvalue weighted by Crippen LogP contribution is 2.41. The maximum absolute atomic E-state index is 5.75. The van der Waals surface area contributed by atoms with Gasteiger partial charge in [0.25, 0.3) is 0 Å². The third-order valence-electron chi connectivity index (χ3n) is 6.13. The fourth-order valence-corrected chi connectivity index (χ4v) is 4.92. The normalized spacial score (nSPS) is 18.5.